The van der Waals surface area contributed by atoms with Gasteiger partial charge >= 0.3 is 0 Å². The van der Waals surface area contributed by atoms with Crippen molar-refractivity contribution >= 4 is 23.2 Å². The summed E-state index contributed by atoms with van der Waals surface area (Å²) < 4.78 is 13.7. The minimum Gasteiger partial charge on any atom is -0.307 e. The number of rotatable bonds is 4. The Labute approximate surface area is 137 Å². The summed E-state index contributed by atoms with van der Waals surface area (Å²) in [5.74, 6) is 0.929. The Hall–Kier alpha value is -0.310. The fourth-order valence-electron chi connectivity index (χ4n) is 3.45. The van der Waals surface area contributed by atoms with Gasteiger partial charge in [-0.05, 0) is 49.3 Å². The van der Waals surface area contributed by atoms with Crippen molar-refractivity contribution in [3.8, 4) is 0 Å². The molecule has 0 heterocycles. The molecule has 1 aromatic rings. The zero-order chi connectivity index (χ0) is 15.6. The van der Waals surface area contributed by atoms with Gasteiger partial charge in [-0.1, -0.05) is 49.9 Å². The maximum atomic E-state index is 13.7. The first kappa shape index (κ1) is 17.1. The molecule has 1 aromatic carbocycles. The normalized spacial score (nSPS) is 24.3. The van der Waals surface area contributed by atoms with Crippen molar-refractivity contribution < 1.29 is 4.39 Å². The molecule has 2 rings (SSSR count). The number of hydrogen-bond acceptors (Lipinski definition) is 1. The molecule has 1 aliphatic carbocycles. The van der Waals surface area contributed by atoms with E-state index in [-0.39, 0.29) is 11.1 Å². The summed E-state index contributed by atoms with van der Waals surface area (Å²) in [6, 6.07) is 3.44. The third kappa shape index (κ3) is 4.12. The van der Waals surface area contributed by atoms with Gasteiger partial charge in [-0.2, -0.15) is 0 Å². The molecule has 0 saturated heterocycles. The Balaban J connectivity index is 2.13. The van der Waals surface area contributed by atoms with Crippen LogP contribution in [0.2, 0.25) is 10.0 Å². The van der Waals surface area contributed by atoms with Crippen LogP contribution in [-0.2, 0) is 0 Å². The minimum atomic E-state index is -0.409. The van der Waals surface area contributed by atoms with E-state index in [0.29, 0.717) is 22.9 Å². The minimum absolute atomic E-state index is 0.0219. The van der Waals surface area contributed by atoms with Crippen molar-refractivity contribution in [1.82, 2.24) is 5.32 Å². The van der Waals surface area contributed by atoms with Crippen LogP contribution in [0.15, 0.2) is 12.1 Å². The first-order valence-electron chi connectivity index (χ1n) is 7.80. The summed E-state index contributed by atoms with van der Waals surface area (Å²) >= 11 is 12.0. The first-order chi connectivity index (χ1) is 9.90. The number of nitrogens with one attached hydrogen (secondary N) is 1. The lowest BCUT2D eigenvalue weighted by Gasteiger charge is -2.37. The molecule has 0 radical (unpaired) electrons. The predicted molar refractivity (Wildman–Crippen MR) is 88.6 cm³/mol. The van der Waals surface area contributed by atoms with Crippen LogP contribution in [0, 0.1) is 17.7 Å². The Morgan fingerprint density at radius 1 is 1.10 bits per heavy atom. The summed E-state index contributed by atoms with van der Waals surface area (Å²) in [4.78, 5) is 0. The van der Waals surface area contributed by atoms with Crippen LogP contribution in [0.3, 0.4) is 0 Å². The van der Waals surface area contributed by atoms with Gasteiger partial charge in [0.05, 0.1) is 5.02 Å². The highest BCUT2D eigenvalue weighted by atomic mass is 35.5. The van der Waals surface area contributed by atoms with Crippen molar-refractivity contribution in [3.63, 3.8) is 0 Å². The van der Waals surface area contributed by atoms with Gasteiger partial charge in [0.25, 0.3) is 0 Å². The zero-order valence-corrected chi connectivity index (χ0v) is 14.4. The lowest BCUT2D eigenvalue weighted by molar-refractivity contribution is 0.195. The van der Waals surface area contributed by atoms with Gasteiger partial charge in [0.15, 0.2) is 0 Å². The van der Waals surface area contributed by atoms with E-state index in [2.05, 4.69) is 19.2 Å². The fraction of sp³-hybridized carbons (Fsp3) is 0.647. The summed E-state index contributed by atoms with van der Waals surface area (Å²) in [5, 5.41) is 4.26. The zero-order valence-electron chi connectivity index (χ0n) is 12.9. The lowest BCUT2D eigenvalue weighted by atomic mass is 9.77. The van der Waals surface area contributed by atoms with E-state index >= 15 is 0 Å². The van der Waals surface area contributed by atoms with E-state index in [1.54, 1.807) is 0 Å². The highest BCUT2D eigenvalue weighted by Gasteiger charge is 2.29. The van der Waals surface area contributed by atoms with E-state index in [4.69, 9.17) is 23.2 Å². The molecule has 0 aliphatic heterocycles. The van der Waals surface area contributed by atoms with E-state index in [9.17, 15) is 4.39 Å². The van der Waals surface area contributed by atoms with E-state index in [1.165, 1.54) is 37.8 Å². The van der Waals surface area contributed by atoms with Crippen LogP contribution in [-0.4, -0.2) is 6.04 Å². The average Bonchev–Trinajstić information content (AvgIpc) is 2.43. The molecule has 3 atom stereocenters. The molecule has 21 heavy (non-hydrogen) atoms. The second-order valence-corrected chi connectivity index (χ2v) is 7.29. The smallest absolute Gasteiger partial charge is 0.142 e. The summed E-state index contributed by atoms with van der Waals surface area (Å²) in [6.45, 7) is 6.61. The summed E-state index contributed by atoms with van der Waals surface area (Å²) in [6.07, 6.45) is 5.02. The van der Waals surface area contributed by atoms with Gasteiger partial charge in [0, 0.05) is 17.1 Å². The molecule has 1 N–H and O–H groups in total. The van der Waals surface area contributed by atoms with E-state index in [1.807, 2.05) is 6.92 Å². The standard InChI is InChI=1S/C17H24Cl2FN/c1-10(2)12-6-4-5-7-17(12)21-11(3)13-8-16(20)15(19)9-14(13)18/h8-12,17,21H,4-7H2,1-3H3. The average molecular weight is 332 g/mol. The van der Waals surface area contributed by atoms with Gasteiger partial charge < -0.3 is 5.32 Å². The number of halogens is 3. The molecule has 4 heteroatoms. The van der Waals surface area contributed by atoms with Crippen molar-refractivity contribution in [2.45, 2.75) is 58.5 Å². The molecular weight excluding hydrogens is 308 g/mol. The first-order valence-corrected chi connectivity index (χ1v) is 8.56. The third-order valence-corrected chi connectivity index (χ3v) is 5.26. The largest absolute Gasteiger partial charge is 0.307 e. The molecule has 0 spiro atoms. The second-order valence-electron chi connectivity index (χ2n) is 6.48. The Bertz CT molecular complexity index is 490. The van der Waals surface area contributed by atoms with Crippen molar-refractivity contribution in [2.24, 2.45) is 11.8 Å². The van der Waals surface area contributed by atoms with E-state index < -0.39 is 5.82 Å². The van der Waals surface area contributed by atoms with Crippen molar-refractivity contribution in [3.05, 3.63) is 33.6 Å². The van der Waals surface area contributed by atoms with Gasteiger partial charge in [0.2, 0.25) is 0 Å². The van der Waals surface area contributed by atoms with Gasteiger partial charge in [0.1, 0.15) is 5.82 Å². The van der Waals surface area contributed by atoms with Crippen LogP contribution in [0.4, 0.5) is 4.39 Å². The monoisotopic (exact) mass is 331 g/mol. The lowest BCUT2D eigenvalue weighted by Crippen LogP contribution is -2.42. The van der Waals surface area contributed by atoms with Crippen LogP contribution in [0.25, 0.3) is 0 Å². The SMILES string of the molecule is CC(NC1CCCCC1C(C)C)c1cc(F)c(Cl)cc1Cl. The Morgan fingerprint density at radius 2 is 1.76 bits per heavy atom. The van der Waals surface area contributed by atoms with Crippen LogP contribution in [0.1, 0.15) is 58.1 Å². The molecule has 1 saturated carbocycles. The maximum absolute atomic E-state index is 13.7. The van der Waals surface area contributed by atoms with Crippen LogP contribution in [0.5, 0.6) is 0 Å². The van der Waals surface area contributed by atoms with Gasteiger partial charge in [-0.3, -0.25) is 0 Å². The second kappa shape index (κ2) is 7.30. The molecule has 1 fully saturated rings. The summed E-state index contributed by atoms with van der Waals surface area (Å²) in [7, 11) is 0. The van der Waals surface area contributed by atoms with Gasteiger partial charge in [-0.15, -0.1) is 0 Å². The fourth-order valence-corrected chi connectivity index (χ4v) is 3.99. The molecule has 1 aliphatic rings. The molecule has 3 unspecified atom stereocenters. The van der Waals surface area contributed by atoms with Crippen LogP contribution >= 0.6 is 23.2 Å². The molecule has 1 nitrogen and oxygen atoms in total. The molecule has 0 aromatic heterocycles. The van der Waals surface area contributed by atoms with Crippen molar-refractivity contribution in [1.29, 1.82) is 0 Å². The molecular formula is C17H24Cl2FN. The topological polar surface area (TPSA) is 12.0 Å². The summed E-state index contributed by atoms with van der Waals surface area (Å²) in [5.41, 5.74) is 0.784. The predicted octanol–water partition coefficient (Wildman–Crippen LogP) is 6.00. The van der Waals surface area contributed by atoms with Gasteiger partial charge in [-0.25, -0.2) is 4.39 Å². The number of hydrogen-bond donors (Lipinski definition) is 1. The quantitative estimate of drug-likeness (QED) is 0.667. The van der Waals surface area contributed by atoms with E-state index in [0.717, 1.165) is 5.56 Å². The highest BCUT2D eigenvalue weighted by molar-refractivity contribution is 6.35. The van der Waals surface area contributed by atoms with Crippen molar-refractivity contribution in [2.75, 3.05) is 0 Å². The molecule has 0 bridgehead atoms. The highest BCUT2D eigenvalue weighted by Crippen LogP contribution is 2.34. The molecule has 118 valence electrons. The number of benzene rings is 1. The Morgan fingerprint density at radius 3 is 2.43 bits per heavy atom. The maximum Gasteiger partial charge on any atom is 0.142 e. The molecule has 0 amide bonds. The third-order valence-electron chi connectivity index (χ3n) is 4.65. The Kier molecular flexibility index (Phi) is 5.93. The van der Waals surface area contributed by atoms with Crippen LogP contribution < -0.4 is 5.32 Å².